The first-order valence-electron chi connectivity index (χ1n) is 5.57. The maximum Gasteiger partial charge on any atom is 0.308 e. The number of nitrogens with zero attached hydrogens (tertiary/aromatic N) is 1. The summed E-state index contributed by atoms with van der Waals surface area (Å²) in [5.74, 6) is -1.72. The van der Waals surface area contributed by atoms with Crippen molar-refractivity contribution in [3.05, 3.63) is 22.9 Å². The summed E-state index contributed by atoms with van der Waals surface area (Å²) >= 11 is 0. The number of anilines is 1. The molecule has 98 valence electrons. The normalized spacial score (nSPS) is 11.9. The Kier molecular flexibility index (Phi) is 4.25. The molecule has 6 nitrogen and oxygen atoms in total. The zero-order valence-electron chi connectivity index (χ0n) is 10.7. The zero-order chi connectivity index (χ0) is 13.9. The van der Waals surface area contributed by atoms with Gasteiger partial charge in [0, 0.05) is 12.2 Å². The molecule has 0 saturated heterocycles. The number of carboxylic acids is 1. The number of hydrogen-bond acceptors (Lipinski definition) is 4. The Bertz CT molecular complexity index is 486. The largest absolute Gasteiger partial charge is 0.481 e. The third-order valence-corrected chi connectivity index (χ3v) is 2.59. The molecule has 0 radical (unpaired) electrons. The second-order valence-corrected chi connectivity index (χ2v) is 4.29. The Labute approximate surface area is 105 Å². The van der Waals surface area contributed by atoms with E-state index < -0.39 is 17.8 Å². The Hall–Kier alpha value is -2.11. The Morgan fingerprint density at radius 3 is 2.61 bits per heavy atom. The van der Waals surface area contributed by atoms with Gasteiger partial charge in [0.2, 0.25) is 0 Å². The molecule has 1 unspecified atom stereocenters. The van der Waals surface area contributed by atoms with Crippen molar-refractivity contribution >= 4 is 17.7 Å². The number of aliphatic carboxylic acids is 1. The van der Waals surface area contributed by atoms with Crippen molar-refractivity contribution in [3.8, 4) is 0 Å². The molecule has 0 aliphatic rings. The number of carboxylic acid groups (broad SMARTS) is 1. The van der Waals surface area contributed by atoms with Crippen LogP contribution in [-0.2, 0) is 4.79 Å². The molecule has 0 spiro atoms. The second kappa shape index (κ2) is 5.48. The highest BCUT2D eigenvalue weighted by Crippen LogP contribution is 2.18. The summed E-state index contributed by atoms with van der Waals surface area (Å²) in [7, 11) is 0. The highest BCUT2D eigenvalue weighted by molar-refractivity contribution is 5.99. The lowest BCUT2D eigenvalue weighted by Gasteiger charge is -2.14. The number of primary amides is 1. The van der Waals surface area contributed by atoms with E-state index in [1.165, 1.54) is 0 Å². The summed E-state index contributed by atoms with van der Waals surface area (Å²) in [5.41, 5.74) is 7.06. The predicted molar refractivity (Wildman–Crippen MR) is 67.5 cm³/mol. The lowest BCUT2D eigenvalue weighted by molar-refractivity contribution is -0.140. The van der Waals surface area contributed by atoms with E-state index in [0.29, 0.717) is 11.4 Å². The van der Waals surface area contributed by atoms with E-state index in [9.17, 15) is 9.59 Å². The van der Waals surface area contributed by atoms with Gasteiger partial charge in [0.05, 0.1) is 11.5 Å². The van der Waals surface area contributed by atoms with Gasteiger partial charge in [0.1, 0.15) is 5.82 Å². The number of carbonyl (C=O) groups excluding carboxylic acids is 1. The number of nitrogens with two attached hydrogens (primary N) is 1. The molecule has 0 aliphatic heterocycles. The minimum Gasteiger partial charge on any atom is -0.481 e. The van der Waals surface area contributed by atoms with E-state index in [4.69, 9.17) is 10.8 Å². The summed E-state index contributed by atoms with van der Waals surface area (Å²) < 4.78 is 0. The van der Waals surface area contributed by atoms with Crippen LogP contribution < -0.4 is 11.1 Å². The van der Waals surface area contributed by atoms with E-state index in [1.54, 1.807) is 26.8 Å². The number of rotatable bonds is 5. The van der Waals surface area contributed by atoms with Gasteiger partial charge in [-0.15, -0.1) is 0 Å². The van der Waals surface area contributed by atoms with Crippen LogP contribution in [0.2, 0.25) is 0 Å². The van der Waals surface area contributed by atoms with Crippen molar-refractivity contribution in [2.24, 2.45) is 11.7 Å². The molecule has 0 aromatic carbocycles. The SMILES string of the molecule is Cc1cc(C)c(C(N)=O)c(NCC(C)C(=O)O)n1. The van der Waals surface area contributed by atoms with Crippen LogP contribution in [0, 0.1) is 19.8 Å². The maximum atomic E-state index is 11.4. The average molecular weight is 251 g/mol. The summed E-state index contributed by atoms with van der Waals surface area (Å²) in [4.78, 5) is 26.3. The highest BCUT2D eigenvalue weighted by atomic mass is 16.4. The molecule has 1 aromatic heterocycles. The van der Waals surface area contributed by atoms with Gasteiger partial charge in [-0.1, -0.05) is 6.92 Å². The highest BCUT2D eigenvalue weighted by Gasteiger charge is 2.16. The monoisotopic (exact) mass is 251 g/mol. The minimum absolute atomic E-state index is 0.186. The van der Waals surface area contributed by atoms with E-state index in [-0.39, 0.29) is 6.54 Å². The van der Waals surface area contributed by atoms with E-state index in [0.717, 1.165) is 11.3 Å². The number of amides is 1. The van der Waals surface area contributed by atoms with Crippen molar-refractivity contribution in [2.75, 3.05) is 11.9 Å². The van der Waals surface area contributed by atoms with Crippen LogP contribution in [0.25, 0.3) is 0 Å². The van der Waals surface area contributed by atoms with Gasteiger partial charge in [-0.05, 0) is 25.5 Å². The molecule has 4 N–H and O–H groups in total. The second-order valence-electron chi connectivity index (χ2n) is 4.29. The van der Waals surface area contributed by atoms with Crippen LogP contribution in [0.3, 0.4) is 0 Å². The molecule has 0 fully saturated rings. The molecule has 1 aromatic rings. The summed E-state index contributed by atoms with van der Waals surface area (Å²) in [6.45, 7) is 5.32. The Morgan fingerprint density at radius 1 is 1.50 bits per heavy atom. The molecule has 6 heteroatoms. The molecule has 1 atom stereocenters. The van der Waals surface area contributed by atoms with Crippen LogP contribution >= 0.6 is 0 Å². The van der Waals surface area contributed by atoms with Crippen molar-refractivity contribution in [3.63, 3.8) is 0 Å². The van der Waals surface area contributed by atoms with Crippen LogP contribution in [0.4, 0.5) is 5.82 Å². The number of pyridine rings is 1. The van der Waals surface area contributed by atoms with Crippen molar-refractivity contribution in [1.82, 2.24) is 4.98 Å². The Balaban J connectivity index is 3.00. The van der Waals surface area contributed by atoms with E-state index in [2.05, 4.69) is 10.3 Å². The lowest BCUT2D eigenvalue weighted by Crippen LogP contribution is -2.23. The number of nitrogens with one attached hydrogen (secondary N) is 1. The molecular weight excluding hydrogens is 234 g/mol. The van der Waals surface area contributed by atoms with Gasteiger partial charge in [-0.25, -0.2) is 4.98 Å². The van der Waals surface area contributed by atoms with Gasteiger partial charge >= 0.3 is 5.97 Å². The van der Waals surface area contributed by atoms with Crippen LogP contribution in [-0.4, -0.2) is 28.5 Å². The van der Waals surface area contributed by atoms with Gasteiger partial charge < -0.3 is 16.2 Å². The van der Waals surface area contributed by atoms with Gasteiger partial charge in [0.25, 0.3) is 5.91 Å². The number of carbonyl (C=O) groups is 2. The fourth-order valence-electron chi connectivity index (χ4n) is 1.61. The predicted octanol–water partition coefficient (Wildman–Crippen LogP) is 0.930. The van der Waals surface area contributed by atoms with Crippen LogP contribution in [0.15, 0.2) is 6.07 Å². The molecule has 18 heavy (non-hydrogen) atoms. The minimum atomic E-state index is -0.910. The first kappa shape index (κ1) is 14.0. The van der Waals surface area contributed by atoms with E-state index in [1.807, 2.05) is 0 Å². The third kappa shape index (κ3) is 3.19. The van der Waals surface area contributed by atoms with Gasteiger partial charge in [0.15, 0.2) is 0 Å². The topological polar surface area (TPSA) is 105 Å². The quantitative estimate of drug-likeness (QED) is 0.722. The molecular formula is C12H17N3O3. The molecule has 0 aliphatic carbocycles. The lowest BCUT2D eigenvalue weighted by atomic mass is 10.1. The molecule has 0 saturated carbocycles. The van der Waals surface area contributed by atoms with Crippen molar-refractivity contribution < 1.29 is 14.7 Å². The molecule has 1 heterocycles. The van der Waals surface area contributed by atoms with Crippen LogP contribution in [0.1, 0.15) is 28.5 Å². The summed E-state index contributed by atoms with van der Waals surface area (Å²) in [6.07, 6.45) is 0. The number of aromatic nitrogens is 1. The Morgan fingerprint density at radius 2 is 2.11 bits per heavy atom. The summed E-state index contributed by atoms with van der Waals surface area (Å²) in [6, 6.07) is 1.76. The molecule has 1 rings (SSSR count). The van der Waals surface area contributed by atoms with Gasteiger partial charge in [-0.2, -0.15) is 0 Å². The van der Waals surface area contributed by atoms with Crippen molar-refractivity contribution in [1.29, 1.82) is 0 Å². The number of aryl methyl sites for hydroxylation is 2. The van der Waals surface area contributed by atoms with Gasteiger partial charge in [-0.3, -0.25) is 9.59 Å². The molecule has 1 amide bonds. The fourth-order valence-corrected chi connectivity index (χ4v) is 1.61. The van der Waals surface area contributed by atoms with Crippen molar-refractivity contribution in [2.45, 2.75) is 20.8 Å². The standard InChI is InChI=1S/C12H17N3O3/c1-6-4-8(3)15-11(9(6)10(13)16)14-5-7(2)12(17)18/h4,7H,5H2,1-3H3,(H2,13,16)(H,14,15)(H,17,18). The fraction of sp³-hybridized carbons (Fsp3) is 0.417. The average Bonchev–Trinajstić information content (AvgIpc) is 2.23. The zero-order valence-corrected chi connectivity index (χ0v) is 10.7. The first-order valence-corrected chi connectivity index (χ1v) is 5.57. The third-order valence-electron chi connectivity index (χ3n) is 2.59. The smallest absolute Gasteiger partial charge is 0.308 e. The van der Waals surface area contributed by atoms with Crippen LogP contribution in [0.5, 0.6) is 0 Å². The summed E-state index contributed by atoms with van der Waals surface area (Å²) in [5, 5.41) is 11.7. The van der Waals surface area contributed by atoms with E-state index >= 15 is 0 Å². The first-order chi connectivity index (χ1) is 8.32. The molecule has 0 bridgehead atoms. The number of hydrogen-bond donors (Lipinski definition) is 3. The maximum absolute atomic E-state index is 11.4.